The third kappa shape index (κ3) is 3.81. The van der Waals surface area contributed by atoms with Gasteiger partial charge in [-0.15, -0.1) is 5.10 Å². The van der Waals surface area contributed by atoms with Crippen molar-refractivity contribution in [3.63, 3.8) is 0 Å². The molecule has 0 aliphatic carbocycles. The molecule has 0 bridgehead atoms. The van der Waals surface area contributed by atoms with E-state index < -0.39 is 0 Å². The Morgan fingerprint density at radius 2 is 2.05 bits per heavy atom. The summed E-state index contributed by atoms with van der Waals surface area (Å²) in [7, 11) is 0. The van der Waals surface area contributed by atoms with Crippen LogP contribution in [-0.4, -0.2) is 30.1 Å². The van der Waals surface area contributed by atoms with Crippen molar-refractivity contribution >= 4 is 17.5 Å². The van der Waals surface area contributed by atoms with Gasteiger partial charge in [-0.3, -0.25) is 4.79 Å². The van der Waals surface area contributed by atoms with E-state index in [4.69, 9.17) is 10.5 Å². The quantitative estimate of drug-likeness (QED) is 0.841. The number of nitrogens with one attached hydrogen (secondary N) is 1. The van der Waals surface area contributed by atoms with Gasteiger partial charge in [-0.05, 0) is 43.7 Å². The minimum absolute atomic E-state index is 0.00846. The molecule has 1 aromatic rings. The van der Waals surface area contributed by atoms with Crippen LogP contribution in [0.25, 0.3) is 0 Å². The molecule has 0 atom stereocenters. The average molecular weight is 274 g/mol. The molecule has 3 N–H and O–H groups in total. The Balaban J connectivity index is 1.88. The number of rotatable bonds is 5. The predicted molar refractivity (Wildman–Crippen MR) is 78.0 cm³/mol. The van der Waals surface area contributed by atoms with Gasteiger partial charge in [0.05, 0.1) is 12.1 Å². The number of nitrogens with zero attached hydrogens (tertiary/aromatic N) is 2. The SMILES string of the molecule is CC(C)NC(=O)COc1ccc(C2=NN=C(N)C2)cc1. The van der Waals surface area contributed by atoms with Crippen molar-refractivity contribution in [1.82, 2.24) is 5.32 Å². The molecule has 0 fully saturated rings. The molecule has 0 unspecified atom stereocenters. The van der Waals surface area contributed by atoms with Crippen LogP contribution < -0.4 is 15.8 Å². The van der Waals surface area contributed by atoms with Gasteiger partial charge in [-0.25, -0.2) is 0 Å². The number of benzene rings is 1. The first-order valence-corrected chi connectivity index (χ1v) is 6.46. The molecule has 20 heavy (non-hydrogen) atoms. The largest absolute Gasteiger partial charge is 0.484 e. The molecule has 1 aromatic carbocycles. The summed E-state index contributed by atoms with van der Waals surface area (Å²) in [6.45, 7) is 3.82. The van der Waals surface area contributed by atoms with E-state index in [-0.39, 0.29) is 18.6 Å². The van der Waals surface area contributed by atoms with Crippen molar-refractivity contribution in [1.29, 1.82) is 0 Å². The van der Waals surface area contributed by atoms with E-state index in [0.29, 0.717) is 18.0 Å². The summed E-state index contributed by atoms with van der Waals surface area (Å²) < 4.78 is 5.40. The normalized spacial score (nSPS) is 13.9. The minimum Gasteiger partial charge on any atom is -0.484 e. The van der Waals surface area contributed by atoms with Gasteiger partial charge in [-0.2, -0.15) is 5.10 Å². The van der Waals surface area contributed by atoms with Crippen LogP contribution in [0.15, 0.2) is 34.5 Å². The second kappa shape index (κ2) is 6.18. The fourth-order valence-corrected chi connectivity index (χ4v) is 1.78. The van der Waals surface area contributed by atoms with E-state index in [1.54, 1.807) is 12.1 Å². The molecule has 1 heterocycles. The Morgan fingerprint density at radius 3 is 2.60 bits per heavy atom. The fraction of sp³-hybridized carbons (Fsp3) is 0.357. The molecule has 1 aliphatic heterocycles. The smallest absolute Gasteiger partial charge is 0.258 e. The molecular weight excluding hydrogens is 256 g/mol. The van der Waals surface area contributed by atoms with Crippen LogP contribution in [0.5, 0.6) is 5.75 Å². The van der Waals surface area contributed by atoms with Crippen molar-refractivity contribution in [3.05, 3.63) is 29.8 Å². The highest BCUT2D eigenvalue weighted by atomic mass is 16.5. The zero-order chi connectivity index (χ0) is 14.5. The van der Waals surface area contributed by atoms with Gasteiger partial charge in [0.1, 0.15) is 11.6 Å². The average Bonchev–Trinajstić information content (AvgIpc) is 2.83. The van der Waals surface area contributed by atoms with E-state index in [0.717, 1.165) is 11.3 Å². The Bertz CT molecular complexity index is 547. The Morgan fingerprint density at radius 1 is 1.35 bits per heavy atom. The van der Waals surface area contributed by atoms with Gasteiger partial charge in [0.25, 0.3) is 5.91 Å². The van der Waals surface area contributed by atoms with Crippen molar-refractivity contribution < 1.29 is 9.53 Å². The highest BCUT2D eigenvalue weighted by Gasteiger charge is 2.11. The summed E-state index contributed by atoms with van der Waals surface area (Å²) >= 11 is 0. The summed E-state index contributed by atoms with van der Waals surface area (Å²) in [5.41, 5.74) is 7.37. The number of hydrogen-bond donors (Lipinski definition) is 2. The maximum atomic E-state index is 11.5. The van der Waals surface area contributed by atoms with Crippen LogP contribution in [0.4, 0.5) is 0 Å². The molecule has 0 radical (unpaired) electrons. The van der Waals surface area contributed by atoms with E-state index in [2.05, 4.69) is 15.5 Å². The second-order valence-corrected chi connectivity index (χ2v) is 4.85. The number of amidine groups is 1. The van der Waals surface area contributed by atoms with Crippen molar-refractivity contribution in [3.8, 4) is 5.75 Å². The predicted octanol–water partition coefficient (Wildman–Crippen LogP) is 1.05. The van der Waals surface area contributed by atoms with E-state index in [9.17, 15) is 4.79 Å². The Labute approximate surface area is 117 Å². The van der Waals surface area contributed by atoms with Gasteiger partial charge < -0.3 is 15.8 Å². The first-order chi connectivity index (χ1) is 9.54. The first kappa shape index (κ1) is 14.0. The highest BCUT2D eigenvalue weighted by Crippen LogP contribution is 2.15. The van der Waals surface area contributed by atoms with Crippen LogP contribution in [0, 0.1) is 0 Å². The van der Waals surface area contributed by atoms with Crippen molar-refractivity contribution in [2.45, 2.75) is 26.3 Å². The van der Waals surface area contributed by atoms with Gasteiger partial charge in [0, 0.05) is 6.04 Å². The first-order valence-electron chi connectivity index (χ1n) is 6.46. The lowest BCUT2D eigenvalue weighted by molar-refractivity contribution is -0.123. The summed E-state index contributed by atoms with van der Waals surface area (Å²) in [6, 6.07) is 7.47. The molecule has 0 aromatic heterocycles. The lowest BCUT2D eigenvalue weighted by atomic mass is 10.1. The summed E-state index contributed by atoms with van der Waals surface area (Å²) in [5.74, 6) is 1.02. The van der Waals surface area contributed by atoms with E-state index >= 15 is 0 Å². The van der Waals surface area contributed by atoms with Gasteiger partial charge in [0.2, 0.25) is 0 Å². The molecule has 0 saturated heterocycles. The molecular formula is C14H18N4O2. The van der Waals surface area contributed by atoms with E-state index in [1.807, 2.05) is 26.0 Å². The summed E-state index contributed by atoms with van der Waals surface area (Å²) in [4.78, 5) is 11.5. The minimum atomic E-state index is -0.134. The van der Waals surface area contributed by atoms with Crippen molar-refractivity contribution in [2.24, 2.45) is 15.9 Å². The number of ether oxygens (including phenoxy) is 1. The van der Waals surface area contributed by atoms with Crippen LogP contribution >= 0.6 is 0 Å². The molecule has 1 amide bonds. The maximum absolute atomic E-state index is 11.5. The monoisotopic (exact) mass is 274 g/mol. The number of carbonyl (C=O) groups excluding carboxylic acids is 1. The van der Waals surface area contributed by atoms with Crippen LogP contribution in [-0.2, 0) is 4.79 Å². The molecule has 106 valence electrons. The molecule has 1 aliphatic rings. The van der Waals surface area contributed by atoms with Crippen LogP contribution in [0.3, 0.4) is 0 Å². The highest BCUT2D eigenvalue weighted by molar-refractivity contribution is 6.14. The van der Waals surface area contributed by atoms with Gasteiger partial charge in [-0.1, -0.05) is 0 Å². The van der Waals surface area contributed by atoms with Crippen LogP contribution in [0.2, 0.25) is 0 Å². The lowest BCUT2D eigenvalue weighted by Crippen LogP contribution is -2.34. The van der Waals surface area contributed by atoms with Crippen molar-refractivity contribution in [2.75, 3.05) is 6.61 Å². The number of nitrogens with two attached hydrogens (primary N) is 1. The molecule has 2 rings (SSSR count). The van der Waals surface area contributed by atoms with Gasteiger partial charge >= 0.3 is 0 Å². The Hall–Kier alpha value is -2.37. The number of carbonyl (C=O) groups is 1. The zero-order valence-electron chi connectivity index (χ0n) is 11.6. The van der Waals surface area contributed by atoms with E-state index in [1.165, 1.54) is 0 Å². The molecule has 0 spiro atoms. The lowest BCUT2D eigenvalue weighted by Gasteiger charge is -2.10. The standard InChI is InChI=1S/C14H18N4O2/c1-9(2)16-14(19)8-20-11-5-3-10(4-6-11)12-7-13(15)18-17-12/h3-6,9H,7-8H2,1-2H3,(H2,15,18)(H,16,19). The maximum Gasteiger partial charge on any atom is 0.258 e. The summed E-state index contributed by atoms with van der Waals surface area (Å²) in [6.07, 6.45) is 0.566. The van der Waals surface area contributed by atoms with Gasteiger partial charge in [0.15, 0.2) is 6.61 Å². The Kier molecular flexibility index (Phi) is 4.34. The molecule has 0 saturated carbocycles. The topological polar surface area (TPSA) is 89.1 Å². The molecule has 6 nitrogen and oxygen atoms in total. The second-order valence-electron chi connectivity index (χ2n) is 4.85. The number of amides is 1. The van der Waals surface area contributed by atoms with Crippen LogP contribution in [0.1, 0.15) is 25.8 Å². The molecule has 6 heteroatoms. The third-order valence-corrected chi connectivity index (χ3v) is 2.65. The number of hydrogen-bond acceptors (Lipinski definition) is 5. The third-order valence-electron chi connectivity index (χ3n) is 2.65. The zero-order valence-corrected chi connectivity index (χ0v) is 11.6. The summed E-state index contributed by atoms with van der Waals surface area (Å²) in [5, 5.41) is 10.6. The fourth-order valence-electron chi connectivity index (χ4n) is 1.78.